The van der Waals surface area contributed by atoms with Crippen molar-refractivity contribution in [3.05, 3.63) is 10.7 Å². The van der Waals surface area contributed by atoms with Crippen LogP contribution in [0.5, 0.6) is 0 Å². The summed E-state index contributed by atoms with van der Waals surface area (Å²) in [6.07, 6.45) is 0. The Hall–Kier alpha value is -1.23. The Labute approximate surface area is 112 Å². The fourth-order valence-corrected chi connectivity index (χ4v) is 0.957. The first-order valence-electron chi connectivity index (χ1n) is 5.75. The van der Waals surface area contributed by atoms with E-state index >= 15 is 0 Å². The molecule has 0 spiro atoms. The number of nitrogens with two attached hydrogens (primary N) is 1. The maximum atomic E-state index is 11.4. The Morgan fingerprint density at radius 1 is 1.00 bits per heavy atom. The standard InChI is InChI=1S/C12H20ClNO4/c1-7(2)5-17-11(15)9(13)10(14)12(16)18-6-8(3)4/h7-8H,5-6,14H2,1-4H3. The lowest BCUT2D eigenvalue weighted by Gasteiger charge is -2.09. The van der Waals surface area contributed by atoms with Crippen molar-refractivity contribution in [2.75, 3.05) is 13.2 Å². The molecule has 5 nitrogen and oxygen atoms in total. The largest absolute Gasteiger partial charge is 0.461 e. The summed E-state index contributed by atoms with van der Waals surface area (Å²) in [4.78, 5) is 22.9. The third-order valence-corrected chi connectivity index (χ3v) is 2.09. The molecule has 0 aromatic carbocycles. The van der Waals surface area contributed by atoms with Crippen LogP contribution in [0, 0.1) is 11.8 Å². The summed E-state index contributed by atoms with van der Waals surface area (Å²) < 4.78 is 9.69. The molecule has 0 atom stereocenters. The number of halogens is 1. The Kier molecular flexibility index (Phi) is 7.43. The third kappa shape index (κ3) is 6.49. The number of hydrogen-bond acceptors (Lipinski definition) is 5. The van der Waals surface area contributed by atoms with Crippen molar-refractivity contribution in [2.45, 2.75) is 27.7 Å². The van der Waals surface area contributed by atoms with E-state index in [4.69, 9.17) is 26.8 Å². The molecule has 0 aliphatic rings. The van der Waals surface area contributed by atoms with Gasteiger partial charge in [-0.15, -0.1) is 0 Å². The van der Waals surface area contributed by atoms with Gasteiger partial charge in [0.2, 0.25) is 0 Å². The highest BCUT2D eigenvalue weighted by atomic mass is 35.5. The second kappa shape index (κ2) is 7.97. The Bertz CT molecular complexity index is 305. The van der Waals surface area contributed by atoms with Crippen LogP contribution in [-0.2, 0) is 19.1 Å². The first kappa shape index (κ1) is 16.8. The van der Waals surface area contributed by atoms with E-state index in [9.17, 15) is 9.59 Å². The fourth-order valence-electron chi connectivity index (χ4n) is 0.825. The first-order valence-corrected chi connectivity index (χ1v) is 6.13. The molecule has 0 amide bonds. The van der Waals surface area contributed by atoms with E-state index in [1.165, 1.54) is 0 Å². The molecule has 0 aliphatic carbocycles. The highest BCUT2D eigenvalue weighted by Crippen LogP contribution is 2.10. The maximum Gasteiger partial charge on any atom is 0.356 e. The molecule has 0 aromatic rings. The molecule has 0 unspecified atom stereocenters. The van der Waals surface area contributed by atoms with Crippen molar-refractivity contribution < 1.29 is 19.1 Å². The monoisotopic (exact) mass is 277 g/mol. The lowest BCUT2D eigenvalue weighted by Crippen LogP contribution is -2.22. The average Bonchev–Trinajstić information content (AvgIpc) is 2.30. The third-order valence-electron chi connectivity index (χ3n) is 1.73. The van der Waals surface area contributed by atoms with Crippen LogP contribution in [0.4, 0.5) is 0 Å². The van der Waals surface area contributed by atoms with Crippen LogP contribution in [0.25, 0.3) is 0 Å². The van der Waals surface area contributed by atoms with Crippen molar-refractivity contribution >= 4 is 23.5 Å². The number of carbonyl (C=O) groups excluding carboxylic acids is 2. The number of rotatable bonds is 6. The highest BCUT2D eigenvalue weighted by molar-refractivity contribution is 6.43. The van der Waals surface area contributed by atoms with E-state index < -0.39 is 22.7 Å². The zero-order valence-electron chi connectivity index (χ0n) is 11.2. The molecule has 0 fully saturated rings. The molecule has 0 saturated heterocycles. The van der Waals surface area contributed by atoms with Crippen LogP contribution >= 0.6 is 11.6 Å². The number of carbonyl (C=O) groups is 2. The van der Waals surface area contributed by atoms with Gasteiger partial charge in [-0.1, -0.05) is 39.3 Å². The van der Waals surface area contributed by atoms with E-state index in [1.54, 1.807) is 0 Å². The van der Waals surface area contributed by atoms with E-state index in [1.807, 2.05) is 27.7 Å². The smallest absolute Gasteiger partial charge is 0.356 e. The van der Waals surface area contributed by atoms with Gasteiger partial charge in [0.05, 0.1) is 13.2 Å². The van der Waals surface area contributed by atoms with Crippen LogP contribution < -0.4 is 5.73 Å². The summed E-state index contributed by atoms with van der Waals surface area (Å²) >= 11 is 5.65. The molecule has 0 rings (SSSR count). The molecular formula is C12H20ClNO4. The van der Waals surface area contributed by atoms with Gasteiger partial charge < -0.3 is 15.2 Å². The number of hydrogen-bond donors (Lipinski definition) is 1. The molecule has 6 heteroatoms. The predicted molar refractivity (Wildman–Crippen MR) is 68.7 cm³/mol. The van der Waals surface area contributed by atoms with Crippen LogP contribution in [0.2, 0.25) is 0 Å². The van der Waals surface area contributed by atoms with Gasteiger partial charge in [-0.3, -0.25) is 0 Å². The van der Waals surface area contributed by atoms with Crippen molar-refractivity contribution in [3.63, 3.8) is 0 Å². The Morgan fingerprint density at radius 2 is 1.39 bits per heavy atom. The highest BCUT2D eigenvalue weighted by Gasteiger charge is 2.19. The van der Waals surface area contributed by atoms with Crippen LogP contribution in [0.3, 0.4) is 0 Å². The van der Waals surface area contributed by atoms with E-state index in [-0.39, 0.29) is 25.0 Å². The zero-order valence-corrected chi connectivity index (χ0v) is 11.9. The topological polar surface area (TPSA) is 78.6 Å². The van der Waals surface area contributed by atoms with E-state index in [2.05, 4.69) is 0 Å². The van der Waals surface area contributed by atoms with Gasteiger partial charge in [0, 0.05) is 0 Å². The first-order chi connectivity index (χ1) is 8.25. The number of ether oxygens (including phenoxy) is 2. The van der Waals surface area contributed by atoms with Crippen molar-refractivity contribution in [1.29, 1.82) is 0 Å². The SMILES string of the molecule is CC(C)COC(=O)C(N)=C(Cl)C(=O)OCC(C)C. The molecule has 104 valence electrons. The van der Waals surface area contributed by atoms with E-state index in [0.717, 1.165) is 0 Å². The molecule has 0 heterocycles. The average molecular weight is 278 g/mol. The van der Waals surface area contributed by atoms with Gasteiger partial charge in [-0.2, -0.15) is 0 Å². The van der Waals surface area contributed by atoms with Gasteiger partial charge >= 0.3 is 11.9 Å². The molecular weight excluding hydrogens is 258 g/mol. The van der Waals surface area contributed by atoms with Crippen molar-refractivity contribution in [3.8, 4) is 0 Å². The molecule has 18 heavy (non-hydrogen) atoms. The summed E-state index contributed by atoms with van der Waals surface area (Å²) in [6.45, 7) is 7.95. The fraction of sp³-hybridized carbons (Fsp3) is 0.667. The lowest BCUT2D eigenvalue weighted by atomic mass is 10.2. The molecule has 0 aromatic heterocycles. The van der Waals surface area contributed by atoms with Crippen LogP contribution in [-0.4, -0.2) is 25.2 Å². The van der Waals surface area contributed by atoms with Gasteiger partial charge in [-0.05, 0) is 11.8 Å². The summed E-state index contributed by atoms with van der Waals surface area (Å²) in [5.74, 6) is -1.28. The van der Waals surface area contributed by atoms with Crippen molar-refractivity contribution in [1.82, 2.24) is 0 Å². The minimum absolute atomic E-state index is 0.174. The molecule has 0 bridgehead atoms. The van der Waals surface area contributed by atoms with Gasteiger partial charge in [-0.25, -0.2) is 9.59 Å². The Balaban J connectivity index is 4.49. The maximum absolute atomic E-state index is 11.4. The predicted octanol–water partition coefficient (Wildman–Crippen LogP) is 1.79. The van der Waals surface area contributed by atoms with E-state index in [0.29, 0.717) is 0 Å². The minimum Gasteiger partial charge on any atom is -0.461 e. The molecule has 2 N–H and O–H groups in total. The second-order valence-corrected chi connectivity index (χ2v) is 5.09. The minimum atomic E-state index is -0.815. The number of esters is 2. The summed E-state index contributed by atoms with van der Waals surface area (Å²) in [6, 6.07) is 0. The summed E-state index contributed by atoms with van der Waals surface area (Å²) in [5, 5.41) is -0.440. The summed E-state index contributed by atoms with van der Waals surface area (Å²) in [7, 11) is 0. The van der Waals surface area contributed by atoms with Gasteiger partial charge in [0.1, 0.15) is 5.70 Å². The normalized spacial score (nSPS) is 12.4. The quantitative estimate of drug-likeness (QED) is 0.591. The Morgan fingerprint density at radius 3 is 1.78 bits per heavy atom. The summed E-state index contributed by atoms with van der Waals surface area (Å²) in [5.41, 5.74) is 5.00. The van der Waals surface area contributed by atoms with Gasteiger partial charge in [0.15, 0.2) is 5.03 Å². The van der Waals surface area contributed by atoms with Crippen molar-refractivity contribution in [2.24, 2.45) is 17.6 Å². The molecule has 0 aliphatic heterocycles. The van der Waals surface area contributed by atoms with Gasteiger partial charge in [0.25, 0.3) is 0 Å². The molecule has 0 radical (unpaired) electrons. The van der Waals surface area contributed by atoms with Crippen LogP contribution in [0.1, 0.15) is 27.7 Å². The second-order valence-electron chi connectivity index (χ2n) is 4.71. The zero-order chi connectivity index (χ0) is 14.3. The molecule has 0 saturated carbocycles. The lowest BCUT2D eigenvalue weighted by molar-refractivity contribution is -0.142. The van der Waals surface area contributed by atoms with Crippen LogP contribution in [0.15, 0.2) is 10.7 Å².